The van der Waals surface area contributed by atoms with Crippen LogP contribution in [0.1, 0.15) is 46.4 Å². The molecule has 8 heteroatoms. The van der Waals surface area contributed by atoms with E-state index in [0.717, 1.165) is 26.9 Å². The standard InChI is InChI=1S/C21H26N4O3S/c1-11-8-12(2)16-14(9-11)25(6)24-18(16)23-20(27)22-13-10-15(21(3,4)5)29-17(13)19(26)28-7/h8-10H,1-7H3,(H2,22,23,24,27). The molecule has 0 bridgehead atoms. The Kier molecular flexibility index (Phi) is 5.40. The van der Waals surface area contributed by atoms with Crippen LogP contribution in [0.2, 0.25) is 0 Å². The maximum atomic E-state index is 12.7. The molecule has 3 aromatic rings. The Labute approximate surface area is 174 Å². The van der Waals surface area contributed by atoms with Gasteiger partial charge in [-0.15, -0.1) is 11.3 Å². The monoisotopic (exact) mass is 414 g/mol. The van der Waals surface area contributed by atoms with E-state index in [0.29, 0.717) is 16.4 Å². The third-order valence-electron chi connectivity index (χ3n) is 4.62. The predicted octanol–water partition coefficient (Wildman–Crippen LogP) is 4.98. The van der Waals surface area contributed by atoms with Gasteiger partial charge in [-0.25, -0.2) is 9.59 Å². The first-order valence-corrected chi connectivity index (χ1v) is 10.1. The summed E-state index contributed by atoms with van der Waals surface area (Å²) in [6, 6.07) is 5.44. The second-order valence-corrected chi connectivity index (χ2v) is 9.17. The molecule has 0 spiro atoms. The first-order valence-electron chi connectivity index (χ1n) is 9.26. The normalized spacial score (nSPS) is 11.6. The minimum atomic E-state index is -0.476. The molecule has 2 heterocycles. The van der Waals surface area contributed by atoms with Crippen molar-refractivity contribution in [1.82, 2.24) is 9.78 Å². The quantitative estimate of drug-likeness (QED) is 0.592. The largest absolute Gasteiger partial charge is 0.465 e. The molecular formula is C21H26N4O3S. The number of urea groups is 1. The van der Waals surface area contributed by atoms with Crippen molar-refractivity contribution in [3.05, 3.63) is 39.1 Å². The highest BCUT2D eigenvalue weighted by Gasteiger charge is 2.25. The van der Waals surface area contributed by atoms with Crippen molar-refractivity contribution in [2.45, 2.75) is 40.0 Å². The van der Waals surface area contributed by atoms with Crippen molar-refractivity contribution in [3.8, 4) is 0 Å². The molecule has 0 unspecified atom stereocenters. The minimum absolute atomic E-state index is 0.157. The van der Waals surface area contributed by atoms with Crippen LogP contribution in [-0.2, 0) is 17.2 Å². The molecule has 2 N–H and O–H groups in total. The molecule has 2 aromatic heterocycles. The van der Waals surface area contributed by atoms with Crippen LogP contribution >= 0.6 is 11.3 Å². The number of amides is 2. The van der Waals surface area contributed by atoms with Crippen LogP contribution in [0.15, 0.2) is 18.2 Å². The van der Waals surface area contributed by atoms with Crippen LogP contribution < -0.4 is 10.6 Å². The van der Waals surface area contributed by atoms with Gasteiger partial charge in [-0.2, -0.15) is 5.10 Å². The second-order valence-electron chi connectivity index (χ2n) is 8.12. The van der Waals surface area contributed by atoms with E-state index in [1.54, 1.807) is 4.68 Å². The molecule has 0 radical (unpaired) electrons. The van der Waals surface area contributed by atoms with Gasteiger partial charge in [0.05, 0.1) is 18.3 Å². The van der Waals surface area contributed by atoms with Crippen LogP contribution in [0.3, 0.4) is 0 Å². The summed E-state index contributed by atoms with van der Waals surface area (Å²) in [5.74, 6) is -0.00111. The molecule has 0 aliphatic heterocycles. The molecule has 0 atom stereocenters. The van der Waals surface area contributed by atoms with Crippen molar-refractivity contribution in [1.29, 1.82) is 0 Å². The maximum Gasteiger partial charge on any atom is 0.350 e. The van der Waals surface area contributed by atoms with Crippen molar-refractivity contribution in [2.75, 3.05) is 17.7 Å². The summed E-state index contributed by atoms with van der Waals surface area (Å²) in [7, 11) is 3.17. The average molecular weight is 415 g/mol. The molecule has 154 valence electrons. The number of anilines is 2. The molecule has 7 nitrogen and oxygen atoms in total. The highest BCUT2D eigenvalue weighted by Crippen LogP contribution is 2.36. The SMILES string of the molecule is COC(=O)c1sc(C(C)(C)C)cc1NC(=O)Nc1nn(C)c2cc(C)cc(C)c12. The third-order valence-corrected chi connectivity index (χ3v) is 6.16. The highest BCUT2D eigenvalue weighted by atomic mass is 32.1. The van der Waals surface area contributed by atoms with Gasteiger partial charge in [0, 0.05) is 17.3 Å². The van der Waals surface area contributed by atoms with Gasteiger partial charge in [-0.05, 0) is 42.5 Å². The number of carbonyl (C=O) groups is 2. The Morgan fingerprint density at radius 2 is 1.83 bits per heavy atom. The zero-order valence-corrected chi connectivity index (χ0v) is 18.6. The van der Waals surface area contributed by atoms with E-state index in [1.165, 1.54) is 18.4 Å². The first-order chi connectivity index (χ1) is 13.5. The van der Waals surface area contributed by atoms with E-state index in [1.807, 2.05) is 33.0 Å². The van der Waals surface area contributed by atoms with E-state index in [9.17, 15) is 9.59 Å². The maximum absolute atomic E-state index is 12.7. The number of hydrogen-bond donors (Lipinski definition) is 2. The van der Waals surface area contributed by atoms with E-state index in [-0.39, 0.29) is 5.41 Å². The Morgan fingerprint density at radius 1 is 1.14 bits per heavy atom. The number of nitrogens with zero attached hydrogens (tertiary/aromatic N) is 2. The van der Waals surface area contributed by atoms with Crippen LogP contribution in [0.5, 0.6) is 0 Å². The third kappa shape index (κ3) is 4.12. The fourth-order valence-electron chi connectivity index (χ4n) is 3.21. The van der Waals surface area contributed by atoms with Crippen LogP contribution in [0.25, 0.3) is 10.9 Å². The van der Waals surface area contributed by atoms with Gasteiger partial charge in [0.1, 0.15) is 4.88 Å². The van der Waals surface area contributed by atoms with Gasteiger partial charge in [-0.1, -0.05) is 26.8 Å². The fraction of sp³-hybridized carbons (Fsp3) is 0.381. The van der Waals surface area contributed by atoms with Gasteiger partial charge < -0.3 is 10.1 Å². The molecule has 0 aliphatic rings. The second kappa shape index (κ2) is 7.51. The number of aryl methyl sites for hydroxylation is 3. The van der Waals surface area contributed by atoms with E-state index in [4.69, 9.17) is 4.74 Å². The summed E-state index contributed by atoms with van der Waals surface area (Å²) < 4.78 is 6.62. The minimum Gasteiger partial charge on any atom is -0.465 e. The summed E-state index contributed by atoms with van der Waals surface area (Å²) >= 11 is 1.32. The molecule has 29 heavy (non-hydrogen) atoms. The predicted molar refractivity (Wildman–Crippen MR) is 117 cm³/mol. The topological polar surface area (TPSA) is 85.2 Å². The highest BCUT2D eigenvalue weighted by molar-refractivity contribution is 7.14. The molecule has 0 saturated heterocycles. The molecule has 1 aromatic carbocycles. The molecule has 0 aliphatic carbocycles. The number of thiophene rings is 1. The van der Waals surface area contributed by atoms with Gasteiger partial charge in [-0.3, -0.25) is 10.00 Å². The smallest absolute Gasteiger partial charge is 0.350 e. The molecule has 0 fully saturated rings. The van der Waals surface area contributed by atoms with Gasteiger partial charge in [0.15, 0.2) is 5.82 Å². The van der Waals surface area contributed by atoms with Crippen molar-refractivity contribution < 1.29 is 14.3 Å². The number of aromatic nitrogens is 2. The zero-order valence-electron chi connectivity index (χ0n) is 17.8. The Balaban J connectivity index is 1.91. The first kappa shape index (κ1) is 20.9. The average Bonchev–Trinajstić information content (AvgIpc) is 3.16. The Morgan fingerprint density at radius 3 is 2.45 bits per heavy atom. The summed E-state index contributed by atoms with van der Waals surface area (Å²) in [5, 5.41) is 10.9. The number of fused-ring (bicyclic) bond motifs is 1. The summed E-state index contributed by atoms with van der Waals surface area (Å²) in [4.78, 5) is 26.2. The summed E-state index contributed by atoms with van der Waals surface area (Å²) in [5.41, 5.74) is 3.38. The van der Waals surface area contributed by atoms with Gasteiger partial charge in [0.25, 0.3) is 0 Å². The number of rotatable bonds is 3. The zero-order chi connectivity index (χ0) is 21.5. The number of benzene rings is 1. The lowest BCUT2D eigenvalue weighted by Gasteiger charge is -2.15. The van der Waals surface area contributed by atoms with Crippen molar-refractivity contribution in [2.24, 2.45) is 7.05 Å². The molecular weight excluding hydrogens is 388 g/mol. The number of nitrogens with one attached hydrogen (secondary N) is 2. The number of hydrogen-bond acceptors (Lipinski definition) is 5. The summed E-state index contributed by atoms with van der Waals surface area (Å²) in [6.07, 6.45) is 0. The van der Waals surface area contributed by atoms with Gasteiger partial charge >= 0.3 is 12.0 Å². The molecule has 2 amide bonds. The van der Waals surface area contributed by atoms with E-state index < -0.39 is 12.0 Å². The lowest BCUT2D eigenvalue weighted by Crippen LogP contribution is -2.21. The summed E-state index contributed by atoms with van der Waals surface area (Å²) in [6.45, 7) is 10.2. The van der Waals surface area contributed by atoms with E-state index in [2.05, 4.69) is 42.6 Å². The molecule has 0 saturated carbocycles. The fourth-order valence-corrected chi connectivity index (χ4v) is 4.30. The van der Waals surface area contributed by atoms with Gasteiger partial charge in [0.2, 0.25) is 0 Å². The lowest BCUT2D eigenvalue weighted by molar-refractivity contribution is 0.0607. The van der Waals surface area contributed by atoms with E-state index >= 15 is 0 Å². The number of methoxy groups -OCH3 is 1. The lowest BCUT2D eigenvalue weighted by atomic mass is 9.94. The van der Waals surface area contributed by atoms with Crippen molar-refractivity contribution in [3.63, 3.8) is 0 Å². The van der Waals surface area contributed by atoms with Crippen LogP contribution in [0.4, 0.5) is 16.3 Å². The molecule has 3 rings (SSSR count). The van der Waals surface area contributed by atoms with Crippen LogP contribution in [0, 0.1) is 13.8 Å². The van der Waals surface area contributed by atoms with Crippen LogP contribution in [-0.4, -0.2) is 28.9 Å². The Bertz CT molecular complexity index is 1110. The van der Waals surface area contributed by atoms with Crippen molar-refractivity contribution >= 4 is 45.7 Å². The number of ether oxygens (including phenoxy) is 1. The Hall–Kier alpha value is -2.87. The number of carbonyl (C=O) groups excluding carboxylic acids is 2. The number of esters is 1.